The first kappa shape index (κ1) is 25.1. The maximum Gasteiger partial charge on any atom is 0.340 e. The van der Waals surface area contributed by atoms with E-state index in [2.05, 4.69) is 15.5 Å². The van der Waals surface area contributed by atoms with Crippen molar-refractivity contribution in [2.75, 3.05) is 38.6 Å². The SMILES string of the molecule is O=NN(CCCl)C(=O)NCC(CCCN1CCCC1)(c1ccc(F)cc1)c1ccc(F)cc1. The Morgan fingerprint density at radius 1 is 1.03 bits per heavy atom. The molecule has 33 heavy (non-hydrogen) atoms. The fourth-order valence-electron chi connectivity index (χ4n) is 4.47. The maximum atomic E-state index is 13.7. The Balaban J connectivity index is 1.93. The van der Waals surface area contributed by atoms with Crippen molar-refractivity contribution in [3.63, 3.8) is 0 Å². The van der Waals surface area contributed by atoms with E-state index < -0.39 is 11.4 Å². The van der Waals surface area contributed by atoms with Gasteiger partial charge in [0.2, 0.25) is 0 Å². The molecule has 1 saturated heterocycles. The third kappa shape index (κ3) is 6.48. The minimum absolute atomic E-state index is 0.0219. The van der Waals surface area contributed by atoms with Gasteiger partial charge in [-0.1, -0.05) is 24.3 Å². The fraction of sp³-hybridized carbons (Fsp3) is 0.458. The minimum atomic E-state index is -0.758. The zero-order chi connectivity index (χ0) is 23.7. The van der Waals surface area contributed by atoms with E-state index in [1.165, 1.54) is 37.1 Å². The first-order valence-electron chi connectivity index (χ1n) is 11.2. The quantitative estimate of drug-likeness (QED) is 0.279. The summed E-state index contributed by atoms with van der Waals surface area (Å²) < 4.78 is 27.5. The van der Waals surface area contributed by atoms with Gasteiger partial charge >= 0.3 is 6.03 Å². The van der Waals surface area contributed by atoms with Crippen LogP contribution in [0.1, 0.15) is 36.8 Å². The molecular formula is C24H29ClF2N4O2. The first-order chi connectivity index (χ1) is 16.0. The van der Waals surface area contributed by atoms with E-state index in [4.69, 9.17) is 11.6 Å². The van der Waals surface area contributed by atoms with Crippen molar-refractivity contribution in [2.45, 2.75) is 31.1 Å². The van der Waals surface area contributed by atoms with Crippen molar-refractivity contribution in [3.05, 3.63) is 76.2 Å². The highest BCUT2D eigenvalue weighted by molar-refractivity contribution is 6.18. The molecule has 1 N–H and O–H groups in total. The summed E-state index contributed by atoms with van der Waals surface area (Å²) in [7, 11) is 0. The zero-order valence-corrected chi connectivity index (χ0v) is 19.2. The lowest BCUT2D eigenvalue weighted by Crippen LogP contribution is -2.46. The van der Waals surface area contributed by atoms with Crippen LogP contribution in [-0.4, -0.2) is 54.5 Å². The van der Waals surface area contributed by atoms with Crippen molar-refractivity contribution in [3.8, 4) is 0 Å². The molecular weight excluding hydrogens is 450 g/mol. The summed E-state index contributed by atoms with van der Waals surface area (Å²) in [5, 5.41) is 6.27. The number of nitroso groups, excluding NO2 is 1. The summed E-state index contributed by atoms with van der Waals surface area (Å²) >= 11 is 5.67. The van der Waals surface area contributed by atoms with Crippen LogP contribution in [0.25, 0.3) is 0 Å². The summed E-state index contributed by atoms with van der Waals surface area (Å²) in [5.74, 6) is -0.673. The minimum Gasteiger partial charge on any atom is -0.335 e. The Kier molecular flexibility index (Phi) is 9.14. The third-order valence-corrected chi connectivity index (χ3v) is 6.41. The average Bonchev–Trinajstić information content (AvgIpc) is 3.34. The molecule has 0 aromatic heterocycles. The van der Waals surface area contributed by atoms with Crippen molar-refractivity contribution >= 4 is 17.6 Å². The molecule has 1 heterocycles. The van der Waals surface area contributed by atoms with Crippen LogP contribution in [0.15, 0.2) is 53.8 Å². The predicted octanol–water partition coefficient (Wildman–Crippen LogP) is 5.06. The molecule has 0 unspecified atom stereocenters. The molecule has 9 heteroatoms. The van der Waals surface area contributed by atoms with Crippen LogP contribution in [0.4, 0.5) is 13.6 Å². The van der Waals surface area contributed by atoms with E-state index in [0.717, 1.165) is 42.2 Å². The Labute approximate surface area is 197 Å². The van der Waals surface area contributed by atoms with Crippen LogP contribution >= 0.6 is 11.6 Å². The number of nitrogens with zero attached hydrogens (tertiary/aromatic N) is 3. The van der Waals surface area contributed by atoms with Crippen LogP contribution in [0, 0.1) is 16.5 Å². The largest absolute Gasteiger partial charge is 0.340 e. The number of hydrogen-bond acceptors (Lipinski definition) is 4. The number of carbonyl (C=O) groups is 1. The molecule has 0 bridgehead atoms. The van der Waals surface area contributed by atoms with Gasteiger partial charge in [-0.05, 0) is 80.7 Å². The molecule has 3 rings (SSSR count). The standard InChI is InChI=1S/C24H29ClF2N4O2/c25-13-17-31(29-33)23(32)28-18-24(19-4-8-21(26)9-5-19,20-6-10-22(27)11-7-20)12-3-16-30-14-1-2-15-30/h4-11H,1-3,12-18H2,(H,28,32). The van der Waals surface area contributed by atoms with Crippen LogP contribution in [0.3, 0.4) is 0 Å². The van der Waals surface area contributed by atoms with E-state index in [9.17, 15) is 18.5 Å². The van der Waals surface area contributed by atoms with Gasteiger partial charge in [-0.2, -0.15) is 5.01 Å². The van der Waals surface area contributed by atoms with Crippen LogP contribution < -0.4 is 5.32 Å². The fourth-order valence-corrected chi connectivity index (χ4v) is 4.63. The van der Waals surface area contributed by atoms with E-state index >= 15 is 0 Å². The highest BCUT2D eigenvalue weighted by Crippen LogP contribution is 2.37. The van der Waals surface area contributed by atoms with Gasteiger partial charge in [0.05, 0.1) is 11.8 Å². The highest BCUT2D eigenvalue weighted by Gasteiger charge is 2.35. The number of carbonyl (C=O) groups excluding carboxylic acids is 1. The van der Waals surface area contributed by atoms with Gasteiger partial charge < -0.3 is 10.2 Å². The van der Waals surface area contributed by atoms with Crippen LogP contribution in [0.5, 0.6) is 0 Å². The van der Waals surface area contributed by atoms with E-state index in [1.54, 1.807) is 24.3 Å². The Hall–Kier alpha value is -2.58. The Morgan fingerprint density at radius 3 is 2.06 bits per heavy atom. The maximum absolute atomic E-state index is 13.7. The summed E-state index contributed by atoms with van der Waals surface area (Å²) in [5.41, 5.74) is 0.826. The van der Waals surface area contributed by atoms with Gasteiger partial charge in [-0.25, -0.2) is 13.6 Å². The first-order valence-corrected chi connectivity index (χ1v) is 11.7. The lowest BCUT2D eigenvalue weighted by molar-refractivity contribution is 0.199. The summed E-state index contributed by atoms with van der Waals surface area (Å²) in [6.07, 6.45) is 3.82. The monoisotopic (exact) mass is 478 g/mol. The number of urea groups is 1. The molecule has 0 aliphatic carbocycles. The molecule has 0 atom stereocenters. The van der Waals surface area contributed by atoms with Crippen molar-refractivity contribution in [2.24, 2.45) is 5.29 Å². The van der Waals surface area contributed by atoms with Crippen molar-refractivity contribution < 1.29 is 13.6 Å². The Morgan fingerprint density at radius 2 is 1.58 bits per heavy atom. The van der Waals surface area contributed by atoms with Gasteiger partial charge in [0.25, 0.3) is 0 Å². The smallest absolute Gasteiger partial charge is 0.335 e. The lowest BCUT2D eigenvalue weighted by atomic mass is 9.71. The molecule has 2 aromatic rings. The number of nitrogens with one attached hydrogen (secondary N) is 1. The van der Waals surface area contributed by atoms with Crippen molar-refractivity contribution in [1.29, 1.82) is 0 Å². The van der Waals surface area contributed by atoms with Gasteiger partial charge in [0.1, 0.15) is 11.6 Å². The average molecular weight is 479 g/mol. The van der Waals surface area contributed by atoms with Gasteiger partial charge in [0.15, 0.2) is 0 Å². The van der Waals surface area contributed by atoms with Gasteiger partial charge in [-0.15, -0.1) is 16.5 Å². The predicted molar refractivity (Wildman–Crippen MR) is 125 cm³/mol. The van der Waals surface area contributed by atoms with E-state index in [1.807, 2.05) is 0 Å². The Bertz CT molecular complexity index is 860. The number of likely N-dealkylation sites (tertiary alicyclic amines) is 1. The number of alkyl halides is 1. The normalized spacial score (nSPS) is 14.3. The number of rotatable bonds is 11. The highest BCUT2D eigenvalue weighted by atomic mass is 35.5. The molecule has 1 aliphatic rings. The van der Waals surface area contributed by atoms with Crippen LogP contribution in [0.2, 0.25) is 0 Å². The summed E-state index contributed by atoms with van der Waals surface area (Å²) in [4.78, 5) is 26.1. The number of hydrogen-bond donors (Lipinski definition) is 1. The number of halogens is 3. The summed E-state index contributed by atoms with van der Waals surface area (Å²) in [6, 6.07) is 11.6. The summed E-state index contributed by atoms with van der Waals surface area (Å²) in [6.45, 7) is 3.13. The molecule has 2 amide bonds. The molecule has 6 nitrogen and oxygen atoms in total. The topological polar surface area (TPSA) is 65.0 Å². The molecule has 2 aromatic carbocycles. The van der Waals surface area contributed by atoms with Gasteiger partial charge in [-0.3, -0.25) is 0 Å². The molecule has 178 valence electrons. The third-order valence-electron chi connectivity index (χ3n) is 6.24. The second kappa shape index (κ2) is 12.0. The molecule has 0 saturated carbocycles. The zero-order valence-electron chi connectivity index (χ0n) is 18.5. The lowest BCUT2D eigenvalue weighted by Gasteiger charge is -2.36. The second-order valence-corrected chi connectivity index (χ2v) is 8.68. The van der Waals surface area contributed by atoms with Crippen LogP contribution in [-0.2, 0) is 5.41 Å². The number of amides is 2. The van der Waals surface area contributed by atoms with Gasteiger partial charge in [0, 0.05) is 17.8 Å². The van der Waals surface area contributed by atoms with Crippen molar-refractivity contribution in [1.82, 2.24) is 15.2 Å². The second-order valence-electron chi connectivity index (χ2n) is 8.30. The molecule has 1 aliphatic heterocycles. The molecule has 0 radical (unpaired) electrons. The molecule has 0 spiro atoms. The van der Waals surface area contributed by atoms with E-state index in [-0.39, 0.29) is 30.6 Å². The molecule has 1 fully saturated rings. The number of benzene rings is 2. The van der Waals surface area contributed by atoms with E-state index in [0.29, 0.717) is 6.42 Å².